The van der Waals surface area contributed by atoms with Crippen LogP contribution in [0.5, 0.6) is 0 Å². The van der Waals surface area contributed by atoms with Gasteiger partial charge in [0.2, 0.25) is 0 Å². The van der Waals surface area contributed by atoms with Gasteiger partial charge in [-0.15, -0.1) is 0 Å². The summed E-state index contributed by atoms with van der Waals surface area (Å²) in [6.07, 6.45) is 17.1. The standard InChI is InChI=1S/C73H58N2/c1-73(2)65-25-10-9-24-59(65)60-39-36-56(44-66(60)73)72-62-41-38-57(74-67-26-11-5-17-48(67)31-32-49-18-6-12-27-68(49)74)45-63(62)71(55-23-15-22-53(43-55)54-35-30-47-16-3-4-21-52(47)42-54)61-40-37-58(46-64(61)72)75-69-28-13-7-19-50(69)33-34-51-20-8-14-29-70(51)75/h3-7,9-19,21-30,35-43,45-46,66H,8,20,31-34,44H2,1-2H3. The highest BCUT2D eigenvalue weighted by molar-refractivity contribution is 6.21. The Labute approximate surface area is 440 Å². The van der Waals surface area contributed by atoms with Crippen molar-refractivity contribution in [3.63, 3.8) is 0 Å². The summed E-state index contributed by atoms with van der Waals surface area (Å²) in [5.41, 5.74) is 25.2. The fourth-order valence-electron chi connectivity index (χ4n) is 14.0. The van der Waals surface area contributed by atoms with Crippen LogP contribution in [0, 0.1) is 5.92 Å². The van der Waals surface area contributed by atoms with E-state index in [0.29, 0.717) is 5.92 Å². The molecule has 0 saturated carbocycles. The summed E-state index contributed by atoms with van der Waals surface area (Å²) < 4.78 is 0. The van der Waals surface area contributed by atoms with E-state index in [-0.39, 0.29) is 5.41 Å². The second kappa shape index (κ2) is 17.3. The molecular formula is C73H58N2. The molecule has 0 aromatic heterocycles. The topological polar surface area (TPSA) is 6.48 Å². The molecule has 0 N–H and O–H groups in total. The van der Waals surface area contributed by atoms with Crippen LogP contribution in [0.4, 0.5) is 28.4 Å². The van der Waals surface area contributed by atoms with Gasteiger partial charge in [0.15, 0.2) is 0 Å². The fraction of sp³-hybridized carbons (Fsp3) is 0.151. The Morgan fingerprint density at radius 2 is 1.04 bits per heavy atom. The van der Waals surface area contributed by atoms with E-state index in [9.17, 15) is 0 Å². The third-order valence-corrected chi connectivity index (χ3v) is 17.8. The zero-order valence-corrected chi connectivity index (χ0v) is 42.8. The molecule has 15 rings (SSSR count). The minimum absolute atomic E-state index is 0.0193. The summed E-state index contributed by atoms with van der Waals surface area (Å²) in [6.45, 7) is 4.95. The maximum Gasteiger partial charge on any atom is 0.0493 e. The number of hydrogen-bond donors (Lipinski definition) is 0. The molecule has 10 aromatic carbocycles. The van der Waals surface area contributed by atoms with Crippen LogP contribution in [0.15, 0.2) is 236 Å². The Morgan fingerprint density at radius 3 is 1.80 bits per heavy atom. The molecule has 2 heteroatoms. The fourth-order valence-corrected chi connectivity index (χ4v) is 14.0. The molecule has 75 heavy (non-hydrogen) atoms. The summed E-state index contributed by atoms with van der Waals surface area (Å²) >= 11 is 0. The molecule has 2 heterocycles. The van der Waals surface area contributed by atoms with Gasteiger partial charge in [0, 0.05) is 34.1 Å². The van der Waals surface area contributed by atoms with Crippen LogP contribution in [0.3, 0.4) is 0 Å². The van der Waals surface area contributed by atoms with Crippen molar-refractivity contribution in [3.8, 4) is 22.3 Å². The molecule has 3 aliphatic carbocycles. The van der Waals surface area contributed by atoms with Crippen LogP contribution in [0.25, 0.3) is 65.7 Å². The Hall–Kier alpha value is -8.46. The van der Waals surface area contributed by atoms with Crippen LogP contribution in [-0.4, -0.2) is 0 Å². The minimum Gasteiger partial charge on any atom is -0.310 e. The summed E-state index contributed by atoms with van der Waals surface area (Å²) in [5.74, 6) is 0.350. The van der Waals surface area contributed by atoms with E-state index < -0.39 is 0 Å². The highest BCUT2D eigenvalue weighted by atomic mass is 15.2. The monoisotopic (exact) mass is 962 g/mol. The highest BCUT2D eigenvalue weighted by Crippen LogP contribution is 2.57. The Morgan fingerprint density at radius 1 is 0.440 bits per heavy atom. The van der Waals surface area contributed by atoms with Crippen molar-refractivity contribution in [2.24, 2.45) is 5.92 Å². The van der Waals surface area contributed by atoms with Gasteiger partial charge >= 0.3 is 0 Å². The van der Waals surface area contributed by atoms with Crippen LogP contribution in [-0.2, 0) is 24.7 Å². The van der Waals surface area contributed by atoms with E-state index in [1.54, 1.807) is 5.57 Å². The van der Waals surface area contributed by atoms with Gasteiger partial charge in [-0.2, -0.15) is 0 Å². The van der Waals surface area contributed by atoms with Gasteiger partial charge < -0.3 is 9.80 Å². The molecule has 360 valence electrons. The average molecular weight is 963 g/mol. The minimum atomic E-state index is -0.0193. The quantitative estimate of drug-likeness (QED) is 0.159. The van der Waals surface area contributed by atoms with E-state index in [4.69, 9.17) is 0 Å². The first-order valence-corrected chi connectivity index (χ1v) is 27.3. The van der Waals surface area contributed by atoms with Crippen molar-refractivity contribution < 1.29 is 0 Å². The van der Waals surface area contributed by atoms with Crippen LogP contribution >= 0.6 is 0 Å². The maximum absolute atomic E-state index is 2.60. The Bertz CT molecular complexity index is 4110. The summed E-state index contributed by atoms with van der Waals surface area (Å²) in [6, 6.07) is 76.4. The largest absolute Gasteiger partial charge is 0.310 e. The lowest BCUT2D eigenvalue weighted by molar-refractivity contribution is 0.418. The number of aryl methyl sites for hydroxylation is 3. The van der Waals surface area contributed by atoms with Gasteiger partial charge in [-0.1, -0.05) is 178 Å². The van der Waals surface area contributed by atoms with E-state index in [2.05, 4.69) is 248 Å². The molecule has 2 nitrogen and oxygen atoms in total. The van der Waals surface area contributed by atoms with Crippen molar-refractivity contribution >= 4 is 71.9 Å². The van der Waals surface area contributed by atoms with E-state index >= 15 is 0 Å². The van der Waals surface area contributed by atoms with E-state index in [0.717, 1.165) is 44.9 Å². The molecule has 0 radical (unpaired) electrons. The third-order valence-electron chi connectivity index (χ3n) is 17.8. The van der Waals surface area contributed by atoms with Crippen LogP contribution in [0.2, 0.25) is 0 Å². The lowest BCUT2D eigenvalue weighted by Gasteiger charge is -2.33. The van der Waals surface area contributed by atoms with Crippen molar-refractivity contribution in [1.82, 2.24) is 0 Å². The second-order valence-electron chi connectivity index (χ2n) is 22.2. The summed E-state index contributed by atoms with van der Waals surface area (Å²) in [4.78, 5) is 5.15. The lowest BCUT2D eigenvalue weighted by atomic mass is 9.71. The van der Waals surface area contributed by atoms with Gasteiger partial charge in [0.05, 0.1) is 0 Å². The molecular weight excluding hydrogens is 905 g/mol. The SMILES string of the molecule is CC1(C)c2ccccc2C2=CC=C(c3c4cc(N5C6=C(CCC=C6)CCc6ccccc65)ccc4c(-c4cccc(-c5ccc6ccccc6c5)c4)c4cc(N5c6ccccc6CCc6ccccc65)ccc34)CC21. The average Bonchev–Trinajstić information content (AvgIpc) is 3.60. The molecule has 2 aliphatic heterocycles. The van der Waals surface area contributed by atoms with Gasteiger partial charge in [-0.05, 0) is 222 Å². The summed E-state index contributed by atoms with van der Waals surface area (Å²) in [7, 11) is 0. The number of allylic oxidation sites excluding steroid dienone is 7. The van der Waals surface area contributed by atoms with Crippen molar-refractivity contribution in [3.05, 3.63) is 269 Å². The van der Waals surface area contributed by atoms with Crippen LogP contribution in [0.1, 0.15) is 72.9 Å². The van der Waals surface area contributed by atoms with Gasteiger partial charge in [-0.25, -0.2) is 0 Å². The predicted molar refractivity (Wildman–Crippen MR) is 318 cm³/mol. The maximum atomic E-state index is 2.60. The molecule has 0 fully saturated rings. The molecule has 0 spiro atoms. The number of para-hydroxylation sites is 3. The number of fused-ring (bicyclic) bond motifs is 9. The smallest absolute Gasteiger partial charge is 0.0493 e. The highest BCUT2D eigenvalue weighted by Gasteiger charge is 2.44. The third kappa shape index (κ3) is 7.06. The number of nitrogens with zero attached hydrogens (tertiary/aromatic N) is 2. The Kier molecular flexibility index (Phi) is 10.2. The van der Waals surface area contributed by atoms with Crippen molar-refractivity contribution in [1.29, 1.82) is 0 Å². The molecule has 5 aliphatic rings. The first kappa shape index (κ1) is 44.1. The van der Waals surface area contributed by atoms with Gasteiger partial charge in [-0.3, -0.25) is 0 Å². The molecule has 10 aromatic rings. The van der Waals surface area contributed by atoms with E-state index in [1.165, 1.54) is 133 Å². The Balaban J connectivity index is 1.04. The molecule has 0 bridgehead atoms. The first-order chi connectivity index (χ1) is 36.9. The first-order valence-electron chi connectivity index (χ1n) is 27.3. The van der Waals surface area contributed by atoms with Crippen molar-refractivity contribution in [2.75, 3.05) is 9.80 Å². The zero-order valence-electron chi connectivity index (χ0n) is 42.8. The van der Waals surface area contributed by atoms with Gasteiger partial charge in [0.25, 0.3) is 0 Å². The summed E-state index contributed by atoms with van der Waals surface area (Å²) in [5, 5.41) is 7.63. The zero-order chi connectivity index (χ0) is 49.8. The van der Waals surface area contributed by atoms with Gasteiger partial charge in [0.1, 0.15) is 0 Å². The molecule has 1 atom stereocenters. The van der Waals surface area contributed by atoms with Crippen molar-refractivity contribution in [2.45, 2.75) is 64.2 Å². The molecule has 1 unspecified atom stereocenters. The number of rotatable bonds is 5. The second-order valence-corrected chi connectivity index (χ2v) is 22.2. The number of anilines is 5. The van der Waals surface area contributed by atoms with E-state index in [1.807, 2.05) is 0 Å². The number of benzene rings is 10. The molecule has 0 amide bonds. The number of hydrogen-bond acceptors (Lipinski definition) is 2. The lowest BCUT2D eigenvalue weighted by Crippen LogP contribution is -2.25. The van der Waals surface area contributed by atoms with Crippen LogP contribution < -0.4 is 9.80 Å². The predicted octanol–water partition coefficient (Wildman–Crippen LogP) is 19.5. The molecule has 0 saturated heterocycles. The normalized spacial score (nSPS) is 17.3.